The van der Waals surface area contributed by atoms with Crippen LogP contribution in [0.2, 0.25) is 0 Å². The number of fused-ring (bicyclic) bond motifs is 1. The van der Waals surface area contributed by atoms with Gasteiger partial charge in [0.15, 0.2) is 11.5 Å². The van der Waals surface area contributed by atoms with Crippen LogP contribution in [0.4, 0.5) is 5.69 Å². The first-order chi connectivity index (χ1) is 8.63. The molecule has 1 unspecified atom stereocenters. The molecule has 0 aromatic heterocycles. The molecule has 1 heterocycles. The van der Waals surface area contributed by atoms with Gasteiger partial charge < -0.3 is 14.2 Å². The average Bonchev–Trinajstić information content (AvgIpc) is 2.81. The van der Waals surface area contributed by atoms with E-state index >= 15 is 0 Å². The zero-order valence-electron chi connectivity index (χ0n) is 10.0. The average molecular weight is 271 g/mol. The molecule has 6 nitrogen and oxygen atoms in total. The van der Waals surface area contributed by atoms with Gasteiger partial charge in [-0.1, -0.05) is 0 Å². The Morgan fingerprint density at radius 3 is 2.78 bits per heavy atom. The molecule has 0 saturated heterocycles. The van der Waals surface area contributed by atoms with Crippen molar-refractivity contribution in [1.82, 2.24) is 0 Å². The number of benzene rings is 1. The quantitative estimate of drug-likeness (QED) is 0.466. The van der Waals surface area contributed by atoms with Gasteiger partial charge in [0.2, 0.25) is 6.79 Å². The Hall–Kier alpha value is -1.47. The maximum Gasteiger partial charge on any atom is 0.279 e. The van der Waals surface area contributed by atoms with Crippen molar-refractivity contribution < 1.29 is 19.1 Å². The Morgan fingerprint density at radius 1 is 1.50 bits per heavy atom. The molecule has 1 aromatic rings. The minimum absolute atomic E-state index is 0.00662. The molecule has 0 bridgehead atoms. The van der Waals surface area contributed by atoms with Crippen LogP contribution in [0.15, 0.2) is 12.1 Å². The van der Waals surface area contributed by atoms with Crippen LogP contribution in [0.1, 0.15) is 18.6 Å². The van der Waals surface area contributed by atoms with Crippen molar-refractivity contribution in [3.63, 3.8) is 0 Å². The molecule has 98 valence electrons. The zero-order valence-corrected chi connectivity index (χ0v) is 10.9. The van der Waals surface area contributed by atoms with Gasteiger partial charge >= 0.3 is 0 Å². The van der Waals surface area contributed by atoms with E-state index in [1.807, 2.05) is 6.26 Å². The van der Waals surface area contributed by atoms with E-state index in [4.69, 9.17) is 14.2 Å². The highest BCUT2D eigenvalue weighted by Gasteiger charge is 2.26. The van der Waals surface area contributed by atoms with E-state index in [0.717, 1.165) is 0 Å². The van der Waals surface area contributed by atoms with Crippen molar-refractivity contribution in [3.8, 4) is 11.5 Å². The Bertz CT molecular complexity index is 465. The summed E-state index contributed by atoms with van der Waals surface area (Å²) in [6.07, 6.45) is 1.54. The minimum atomic E-state index is -0.434. The first-order valence-electron chi connectivity index (χ1n) is 5.32. The summed E-state index contributed by atoms with van der Waals surface area (Å²) in [4.78, 5) is 10.6. The van der Waals surface area contributed by atoms with Gasteiger partial charge in [-0.2, -0.15) is 0 Å². The summed E-state index contributed by atoms with van der Waals surface area (Å²) < 4.78 is 15.8. The molecule has 7 heteroatoms. The molecule has 0 spiro atoms. The second-order valence-electron chi connectivity index (χ2n) is 3.74. The lowest BCUT2D eigenvalue weighted by Gasteiger charge is -2.13. The van der Waals surface area contributed by atoms with E-state index in [1.54, 1.807) is 13.0 Å². The summed E-state index contributed by atoms with van der Waals surface area (Å²) >= 11 is 1.52. The molecule has 1 atom stereocenters. The molecule has 1 aliphatic heterocycles. The zero-order chi connectivity index (χ0) is 13.1. The number of hydrogen-bond donors (Lipinski definition) is 0. The summed E-state index contributed by atoms with van der Waals surface area (Å²) in [7, 11) is 0. The Kier molecular flexibility index (Phi) is 3.93. The van der Waals surface area contributed by atoms with Gasteiger partial charge in [-0.25, -0.2) is 0 Å². The lowest BCUT2D eigenvalue weighted by atomic mass is 10.1. The van der Waals surface area contributed by atoms with E-state index in [2.05, 4.69) is 0 Å². The first kappa shape index (κ1) is 13.0. The molecule has 1 aromatic carbocycles. The summed E-state index contributed by atoms with van der Waals surface area (Å²) in [5.41, 5.74) is 0.492. The predicted octanol–water partition coefficient (Wildman–Crippen LogP) is 2.72. The summed E-state index contributed by atoms with van der Waals surface area (Å²) in [6.45, 7) is 1.87. The Morgan fingerprint density at radius 2 is 2.17 bits per heavy atom. The Balaban J connectivity index is 2.35. The number of thioether (sulfide) groups is 1. The molecular weight excluding hydrogens is 258 g/mol. The molecule has 0 radical (unpaired) electrons. The number of nitro benzene ring substituents is 1. The first-order valence-corrected chi connectivity index (χ1v) is 6.71. The number of ether oxygens (including phenoxy) is 3. The van der Waals surface area contributed by atoms with Gasteiger partial charge in [-0.3, -0.25) is 10.1 Å². The number of nitrogens with zero attached hydrogens (tertiary/aromatic N) is 1. The van der Waals surface area contributed by atoms with Crippen LogP contribution in [0.25, 0.3) is 0 Å². The van der Waals surface area contributed by atoms with Crippen LogP contribution in [-0.4, -0.2) is 23.9 Å². The van der Waals surface area contributed by atoms with Gasteiger partial charge in [0.05, 0.1) is 28.6 Å². The molecule has 0 amide bonds. The maximum atomic E-state index is 11.0. The van der Waals surface area contributed by atoms with E-state index in [0.29, 0.717) is 23.0 Å². The third-order valence-corrected chi connectivity index (χ3v) is 2.96. The van der Waals surface area contributed by atoms with E-state index in [9.17, 15) is 10.1 Å². The standard InChI is InChI=1S/C11H13NO5S/c1-7(17-6-18-2)8-3-10-11(16-5-15-10)4-9(8)12(13)14/h3-4,7H,5-6H2,1-2H3. The molecule has 1 aliphatic rings. The molecule has 0 N–H and O–H groups in total. The molecule has 2 rings (SSSR count). The third kappa shape index (κ3) is 2.51. The molecule has 0 saturated carbocycles. The number of nitro groups is 1. The highest BCUT2D eigenvalue weighted by atomic mass is 32.2. The largest absolute Gasteiger partial charge is 0.454 e. The van der Waals surface area contributed by atoms with Crippen LogP contribution in [0, 0.1) is 10.1 Å². The molecule has 0 fully saturated rings. The molecule has 0 aliphatic carbocycles. The van der Waals surface area contributed by atoms with Gasteiger partial charge in [0, 0.05) is 0 Å². The summed E-state index contributed by atoms with van der Waals surface area (Å²) in [5.74, 6) is 1.41. The summed E-state index contributed by atoms with van der Waals surface area (Å²) in [5, 5.41) is 11.0. The smallest absolute Gasteiger partial charge is 0.279 e. The SMILES string of the molecule is CSCOC(C)c1cc2c(cc1[N+](=O)[O-])OCO2. The van der Waals surface area contributed by atoms with Crippen LogP contribution >= 0.6 is 11.8 Å². The van der Waals surface area contributed by atoms with Crippen molar-refractivity contribution in [2.75, 3.05) is 19.0 Å². The van der Waals surface area contributed by atoms with Crippen molar-refractivity contribution in [2.24, 2.45) is 0 Å². The fourth-order valence-electron chi connectivity index (χ4n) is 1.69. The highest BCUT2D eigenvalue weighted by Crippen LogP contribution is 2.40. The molecule has 18 heavy (non-hydrogen) atoms. The van der Waals surface area contributed by atoms with Crippen LogP contribution in [0.3, 0.4) is 0 Å². The highest BCUT2D eigenvalue weighted by molar-refractivity contribution is 7.98. The van der Waals surface area contributed by atoms with Crippen LogP contribution in [-0.2, 0) is 4.74 Å². The van der Waals surface area contributed by atoms with Crippen molar-refractivity contribution in [3.05, 3.63) is 27.8 Å². The van der Waals surface area contributed by atoms with Crippen molar-refractivity contribution in [2.45, 2.75) is 13.0 Å². The Labute approximate surface area is 108 Å². The van der Waals surface area contributed by atoms with E-state index in [1.165, 1.54) is 17.8 Å². The monoisotopic (exact) mass is 271 g/mol. The van der Waals surface area contributed by atoms with Gasteiger partial charge in [0.25, 0.3) is 5.69 Å². The normalized spacial score (nSPS) is 14.6. The minimum Gasteiger partial charge on any atom is -0.454 e. The lowest BCUT2D eigenvalue weighted by molar-refractivity contribution is -0.386. The topological polar surface area (TPSA) is 70.8 Å². The molecular formula is C11H13NO5S. The van der Waals surface area contributed by atoms with Crippen molar-refractivity contribution in [1.29, 1.82) is 0 Å². The van der Waals surface area contributed by atoms with Crippen LogP contribution < -0.4 is 9.47 Å². The fourth-order valence-corrected chi connectivity index (χ4v) is 2.03. The predicted molar refractivity (Wildman–Crippen MR) is 67.1 cm³/mol. The second kappa shape index (κ2) is 5.45. The van der Waals surface area contributed by atoms with Crippen LogP contribution in [0.5, 0.6) is 11.5 Å². The third-order valence-electron chi connectivity index (χ3n) is 2.59. The number of hydrogen-bond acceptors (Lipinski definition) is 6. The van der Waals surface area contributed by atoms with E-state index < -0.39 is 4.92 Å². The van der Waals surface area contributed by atoms with Gasteiger partial charge in [-0.15, -0.1) is 11.8 Å². The lowest BCUT2D eigenvalue weighted by Crippen LogP contribution is -2.03. The van der Waals surface area contributed by atoms with Gasteiger partial charge in [0.1, 0.15) is 0 Å². The fraction of sp³-hybridized carbons (Fsp3) is 0.455. The second-order valence-corrected chi connectivity index (χ2v) is 4.55. The summed E-state index contributed by atoms with van der Waals surface area (Å²) in [6, 6.07) is 3.00. The maximum absolute atomic E-state index is 11.0. The number of rotatable bonds is 5. The van der Waals surface area contributed by atoms with E-state index in [-0.39, 0.29) is 18.6 Å². The van der Waals surface area contributed by atoms with Gasteiger partial charge in [-0.05, 0) is 19.2 Å². The van der Waals surface area contributed by atoms with Crippen molar-refractivity contribution >= 4 is 17.4 Å².